The van der Waals surface area contributed by atoms with Crippen LogP contribution in [-0.4, -0.2) is 21.3 Å². The van der Waals surface area contributed by atoms with Gasteiger partial charge in [0.05, 0.1) is 6.61 Å². The maximum atomic E-state index is 11.3. The highest BCUT2D eigenvalue weighted by molar-refractivity contribution is 7.60. The Balaban J connectivity index is 4.41. The fraction of sp³-hybridized carbons (Fsp3) is 0.600. The molecule has 0 fully saturated rings. The van der Waals surface area contributed by atoms with Gasteiger partial charge in [-0.25, -0.2) is 9.13 Å². The van der Waals surface area contributed by atoms with Gasteiger partial charge in [0.25, 0.3) is 0 Å². The van der Waals surface area contributed by atoms with Gasteiger partial charge in [-0.15, -0.1) is 0 Å². The lowest BCUT2D eigenvalue weighted by Crippen LogP contribution is -1.94. The van der Waals surface area contributed by atoms with E-state index in [1.165, 1.54) is 11.6 Å². The first-order chi connectivity index (χ1) is 11.3. The molecule has 0 heterocycles. The molecule has 0 rings (SSSR count). The minimum atomic E-state index is -5.11. The van der Waals surface area contributed by atoms with Crippen LogP contribution in [0.4, 0.5) is 0 Å². The van der Waals surface area contributed by atoms with Crippen molar-refractivity contribution in [1.82, 2.24) is 0 Å². The van der Waals surface area contributed by atoms with E-state index in [2.05, 4.69) is 14.9 Å². The van der Waals surface area contributed by atoms with E-state index in [1.54, 1.807) is 6.92 Å². The second-order valence-corrected chi connectivity index (χ2v) is 8.49. The summed E-state index contributed by atoms with van der Waals surface area (Å²) < 4.78 is 37.9. The average molecular weight is 384 g/mol. The largest absolute Gasteiger partial charge is 0.481 e. The van der Waals surface area contributed by atoms with Crippen molar-refractivity contribution in [2.45, 2.75) is 53.4 Å². The predicted octanol–water partition coefficient (Wildman–Crippen LogP) is 4.63. The lowest BCUT2D eigenvalue weighted by Gasteiger charge is -2.11. The second-order valence-electron chi connectivity index (χ2n) is 5.66. The first-order valence-electron chi connectivity index (χ1n) is 8.01. The molecule has 9 heteroatoms. The van der Waals surface area contributed by atoms with Crippen LogP contribution < -0.4 is 0 Å². The summed E-state index contributed by atoms with van der Waals surface area (Å²) in [7, 11) is -9.93. The Bertz CT molecular complexity index is 603. The number of allylic oxidation sites excluding steroid dienone is 5. The van der Waals surface area contributed by atoms with E-state index in [0.717, 1.165) is 24.0 Å². The van der Waals surface area contributed by atoms with Gasteiger partial charge in [0, 0.05) is 1.37 Å². The molecule has 2 atom stereocenters. The SMILES string of the molecule is [3H]C(/C=C(\C)CCC=C(C)C)C/C(C)=C\COP(=O)(O)OP(=O)(O)O. The quantitative estimate of drug-likeness (QED) is 0.351. The maximum Gasteiger partial charge on any atom is 0.481 e. The van der Waals surface area contributed by atoms with Gasteiger partial charge in [-0.05, 0) is 53.4 Å². The highest BCUT2D eigenvalue weighted by Gasteiger charge is 2.31. The van der Waals surface area contributed by atoms with E-state index < -0.39 is 22.0 Å². The lowest BCUT2D eigenvalue weighted by molar-refractivity contribution is 0.191. The summed E-state index contributed by atoms with van der Waals surface area (Å²) in [5.74, 6) is 0. The Kier molecular flexibility index (Phi) is 10.0. The molecular weight excluding hydrogens is 354 g/mol. The molecular formula is C15H28O7P2. The van der Waals surface area contributed by atoms with Crippen LogP contribution in [0.1, 0.15) is 54.7 Å². The molecule has 0 saturated heterocycles. The molecule has 0 aliphatic heterocycles. The van der Waals surface area contributed by atoms with Crippen LogP contribution >= 0.6 is 15.6 Å². The molecule has 140 valence electrons. The van der Waals surface area contributed by atoms with E-state index in [9.17, 15) is 9.13 Å². The van der Waals surface area contributed by atoms with Crippen molar-refractivity contribution in [2.24, 2.45) is 0 Å². The fourth-order valence-electron chi connectivity index (χ4n) is 1.63. The van der Waals surface area contributed by atoms with Gasteiger partial charge in [-0.1, -0.05) is 34.9 Å². The molecule has 0 aromatic heterocycles. The first-order valence-corrected chi connectivity index (χ1v) is 10.5. The van der Waals surface area contributed by atoms with Crippen molar-refractivity contribution in [1.29, 1.82) is 0 Å². The summed E-state index contributed by atoms with van der Waals surface area (Å²) >= 11 is 0. The number of phosphoric acid groups is 2. The summed E-state index contributed by atoms with van der Waals surface area (Å²) in [5.41, 5.74) is 3.14. The number of hydrogen-bond donors (Lipinski definition) is 3. The van der Waals surface area contributed by atoms with Crippen LogP contribution in [0.5, 0.6) is 0 Å². The van der Waals surface area contributed by atoms with Gasteiger partial charge in [0.1, 0.15) is 0 Å². The topological polar surface area (TPSA) is 113 Å². The minimum Gasteiger partial charge on any atom is -0.302 e. The first kappa shape index (κ1) is 21.5. The number of hydrogen-bond acceptors (Lipinski definition) is 4. The highest BCUT2D eigenvalue weighted by atomic mass is 31.3. The van der Waals surface area contributed by atoms with E-state index in [4.69, 9.17) is 16.1 Å². The molecule has 0 aromatic carbocycles. The normalized spacial score (nSPS) is 17.9. The standard InChI is InChI=1S/C15H28O7P2/c1-13(2)7-5-8-14(3)9-6-10-15(4)11-12-21-24(19,20)22-23(16,17)18/h7,9,11H,5-6,8,10,12H2,1-4H3,(H,19,20)(H2,16,17,18)/b14-9+,15-11-/i6T. The van der Waals surface area contributed by atoms with E-state index in [0.29, 0.717) is 6.42 Å². The Labute approximate surface area is 145 Å². The summed E-state index contributed by atoms with van der Waals surface area (Å²) in [6.45, 7) is 7.44. The highest BCUT2D eigenvalue weighted by Crippen LogP contribution is 2.57. The van der Waals surface area contributed by atoms with Crippen molar-refractivity contribution in [3.05, 3.63) is 34.9 Å². The zero-order valence-electron chi connectivity index (χ0n) is 15.5. The molecule has 0 aliphatic carbocycles. The van der Waals surface area contributed by atoms with E-state index in [-0.39, 0.29) is 6.61 Å². The van der Waals surface area contributed by atoms with Crippen molar-refractivity contribution >= 4 is 15.6 Å². The molecule has 0 aliphatic rings. The summed E-state index contributed by atoms with van der Waals surface area (Å²) in [6.07, 6.45) is 7.27. The van der Waals surface area contributed by atoms with Crippen LogP contribution in [0.25, 0.3) is 0 Å². The second kappa shape index (κ2) is 11.2. The molecule has 2 unspecified atom stereocenters. The van der Waals surface area contributed by atoms with Gasteiger partial charge >= 0.3 is 15.6 Å². The smallest absolute Gasteiger partial charge is 0.302 e. The summed E-state index contributed by atoms with van der Waals surface area (Å²) in [5, 5.41) is 0. The fourth-order valence-corrected chi connectivity index (χ4v) is 3.16. The molecule has 0 amide bonds. The average Bonchev–Trinajstić information content (AvgIpc) is 2.33. The third kappa shape index (κ3) is 15.0. The lowest BCUT2D eigenvalue weighted by atomic mass is 10.1. The molecule has 0 aromatic rings. The van der Waals surface area contributed by atoms with Gasteiger partial charge < -0.3 is 14.7 Å². The molecule has 0 bridgehead atoms. The number of rotatable bonds is 11. The third-order valence-corrected chi connectivity index (χ3v) is 4.96. The molecule has 0 saturated carbocycles. The third-order valence-electron chi connectivity index (χ3n) is 2.81. The van der Waals surface area contributed by atoms with Crippen molar-refractivity contribution in [2.75, 3.05) is 6.61 Å². The van der Waals surface area contributed by atoms with Gasteiger partial charge in [0.2, 0.25) is 0 Å². The van der Waals surface area contributed by atoms with Crippen molar-refractivity contribution in [3.8, 4) is 0 Å². The Morgan fingerprint density at radius 2 is 1.58 bits per heavy atom. The maximum absolute atomic E-state index is 11.3. The molecule has 0 radical (unpaired) electrons. The zero-order chi connectivity index (χ0) is 19.7. The Morgan fingerprint density at radius 1 is 1.00 bits per heavy atom. The molecule has 24 heavy (non-hydrogen) atoms. The zero-order valence-corrected chi connectivity index (χ0v) is 16.3. The van der Waals surface area contributed by atoms with Gasteiger partial charge in [-0.2, -0.15) is 4.31 Å². The number of phosphoric ester groups is 1. The van der Waals surface area contributed by atoms with Crippen LogP contribution in [0.3, 0.4) is 0 Å². The van der Waals surface area contributed by atoms with E-state index >= 15 is 0 Å². The van der Waals surface area contributed by atoms with Crippen LogP contribution in [-0.2, 0) is 18.0 Å². The van der Waals surface area contributed by atoms with Crippen LogP contribution in [0.2, 0.25) is 0 Å². The van der Waals surface area contributed by atoms with Crippen molar-refractivity contribution in [3.63, 3.8) is 0 Å². The Hall–Kier alpha value is -0.520. The van der Waals surface area contributed by atoms with E-state index in [1.807, 2.05) is 26.8 Å². The monoisotopic (exact) mass is 384 g/mol. The van der Waals surface area contributed by atoms with Gasteiger partial charge in [0.15, 0.2) is 0 Å². The van der Waals surface area contributed by atoms with Crippen LogP contribution in [0, 0.1) is 0 Å². The van der Waals surface area contributed by atoms with Gasteiger partial charge in [-0.3, -0.25) is 4.52 Å². The minimum absolute atomic E-state index is 0.352. The predicted molar refractivity (Wildman–Crippen MR) is 94.3 cm³/mol. The molecule has 3 N–H and O–H groups in total. The molecule has 0 spiro atoms. The van der Waals surface area contributed by atoms with Crippen molar-refractivity contribution < 1.29 is 34.0 Å². The molecule has 7 nitrogen and oxygen atoms in total. The Morgan fingerprint density at radius 3 is 2.12 bits per heavy atom. The van der Waals surface area contributed by atoms with Crippen LogP contribution in [0.15, 0.2) is 34.9 Å². The summed E-state index contributed by atoms with van der Waals surface area (Å²) in [4.78, 5) is 26.1. The summed E-state index contributed by atoms with van der Waals surface area (Å²) in [6, 6.07) is 0.